The molecule has 1 unspecified atom stereocenters. The number of hydrogen-bond donors (Lipinski definition) is 3. The third kappa shape index (κ3) is 3.47. The van der Waals surface area contributed by atoms with Crippen molar-refractivity contribution in [2.45, 2.75) is 17.9 Å². The van der Waals surface area contributed by atoms with Gasteiger partial charge in [0.15, 0.2) is 11.7 Å². The van der Waals surface area contributed by atoms with Gasteiger partial charge in [0.05, 0.1) is 16.1 Å². The molecular formula is C9H10Cl2FN3O3S. The Morgan fingerprint density at radius 1 is 1.53 bits per heavy atom. The van der Waals surface area contributed by atoms with Gasteiger partial charge in [-0.2, -0.15) is 0 Å². The minimum Gasteiger partial charge on any atom is -0.409 e. The predicted octanol–water partition coefficient (Wildman–Crippen LogP) is 1.55. The Bertz CT molecular complexity index is 621. The Labute approximate surface area is 119 Å². The molecule has 0 radical (unpaired) electrons. The molecule has 0 fully saturated rings. The number of amidine groups is 1. The number of halogens is 3. The summed E-state index contributed by atoms with van der Waals surface area (Å²) < 4.78 is 39.4. The molecule has 1 aromatic rings. The molecule has 0 spiro atoms. The van der Waals surface area contributed by atoms with Crippen LogP contribution in [0.2, 0.25) is 10.0 Å². The van der Waals surface area contributed by atoms with Crippen LogP contribution in [0, 0.1) is 5.82 Å². The van der Waals surface area contributed by atoms with Crippen LogP contribution in [0.1, 0.15) is 6.92 Å². The number of nitrogens with two attached hydrogens (primary N) is 1. The third-order valence-corrected chi connectivity index (χ3v) is 4.54. The van der Waals surface area contributed by atoms with Gasteiger partial charge in [-0.05, 0) is 19.1 Å². The quantitative estimate of drug-likeness (QED) is 0.256. The fourth-order valence-electron chi connectivity index (χ4n) is 1.16. The Kier molecular flexibility index (Phi) is 4.97. The standard InChI is InChI=1S/C9H10Cl2FN3O3S/c1-4(9(13)14-16)15-19(17,18)6-3-2-5(10)8(12)7(6)11/h2-4,15-16H,1H3,(H2,13,14). The lowest BCUT2D eigenvalue weighted by Crippen LogP contribution is -2.42. The Balaban J connectivity index is 3.19. The van der Waals surface area contributed by atoms with Crippen LogP contribution in [0.15, 0.2) is 22.2 Å². The molecule has 6 nitrogen and oxygen atoms in total. The summed E-state index contributed by atoms with van der Waals surface area (Å²) in [6.07, 6.45) is 0. The zero-order chi connectivity index (χ0) is 14.8. The van der Waals surface area contributed by atoms with Crippen molar-refractivity contribution in [2.24, 2.45) is 10.9 Å². The molecule has 0 heterocycles. The number of hydrogen-bond acceptors (Lipinski definition) is 4. The molecule has 0 aliphatic carbocycles. The van der Waals surface area contributed by atoms with E-state index < -0.39 is 31.8 Å². The molecule has 0 saturated heterocycles. The van der Waals surface area contributed by atoms with E-state index in [0.717, 1.165) is 12.1 Å². The van der Waals surface area contributed by atoms with Gasteiger partial charge in [-0.3, -0.25) is 0 Å². The van der Waals surface area contributed by atoms with E-state index in [2.05, 4.69) is 9.88 Å². The van der Waals surface area contributed by atoms with Gasteiger partial charge in [0.1, 0.15) is 4.90 Å². The second-order valence-electron chi connectivity index (χ2n) is 3.54. The van der Waals surface area contributed by atoms with E-state index in [-0.39, 0.29) is 10.9 Å². The predicted molar refractivity (Wildman–Crippen MR) is 69.6 cm³/mol. The lowest BCUT2D eigenvalue weighted by atomic mass is 10.3. The topological polar surface area (TPSA) is 105 Å². The summed E-state index contributed by atoms with van der Waals surface area (Å²) in [6.45, 7) is 1.34. The van der Waals surface area contributed by atoms with E-state index in [4.69, 9.17) is 34.1 Å². The Morgan fingerprint density at radius 3 is 2.63 bits per heavy atom. The molecule has 0 aromatic heterocycles. The van der Waals surface area contributed by atoms with Crippen LogP contribution in [-0.4, -0.2) is 25.5 Å². The highest BCUT2D eigenvalue weighted by atomic mass is 35.5. The van der Waals surface area contributed by atoms with E-state index in [9.17, 15) is 12.8 Å². The van der Waals surface area contributed by atoms with E-state index >= 15 is 0 Å². The largest absolute Gasteiger partial charge is 0.409 e. The maximum atomic E-state index is 13.4. The molecular weight excluding hydrogens is 320 g/mol. The average molecular weight is 330 g/mol. The molecule has 1 rings (SSSR count). The molecule has 106 valence electrons. The van der Waals surface area contributed by atoms with Crippen LogP contribution >= 0.6 is 23.2 Å². The Hall–Kier alpha value is -1.09. The maximum absolute atomic E-state index is 13.4. The van der Waals surface area contributed by atoms with Crippen molar-refractivity contribution in [1.82, 2.24) is 4.72 Å². The summed E-state index contributed by atoms with van der Waals surface area (Å²) in [5, 5.41) is 10.2. The highest BCUT2D eigenvalue weighted by molar-refractivity contribution is 7.89. The smallest absolute Gasteiger partial charge is 0.242 e. The zero-order valence-electron chi connectivity index (χ0n) is 9.56. The molecule has 19 heavy (non-hydrogen) atoms. The molecule has 0 saturated carbocycles. The summed E-state index contributed by atoms with van der Waals surface area (Å²) in [6, 6.07) is 1.12. The first kappa shape index (κ1) is 16.0. The van der Waals surface area contributed by atoms with Crippen molar-refractivity contribution in [2.75, 3.05) is 0 Å². The van der Waals surface area contributed by atoms with Crippen molar-refractivity contribution in [3.8, 4) is 0 Å². The lowest BCUT2D eigenvalue weighted by Gasteiger charge is -2.14. The summed E-state index contributed by atoms with van der Waals surface area (Å²) in [4.78, 5) is -0.492. The summed E-state index contributed by atoms with van der Waals surface area (Å²) in [5.41, 5.74) is 5.24. The number of oxime groups is 1. The second-order valence-corrected chi connectivity index (χ2v) is 6.01. The van der Waals surface area contributed by atoms with Crippen molar-refractivity contribution in [3.63, 3.8) is 0 Å². The fraction of sp³-hybridized carbons (Fsp3) is 0.222. The van der Waals surface area contributed by atoms with Crippen LogP contribution in [0.3, 0.4) is 0 Å². The van der Waals surface area contributed by atoms with Gasteiger partial charge in [0, 0.05) is 0 Å². The highest BCUT2D eigenvalue weighted by Gasteiger charge is 2.24. The normalized spacial score (nSPS) is 14.4. The van der Waals surface area contributed by atoms with Crippen molar-refractivity contribution in [1.29, 1.82) is 0 Å². The first-order valence-electron chi connectivity index (χ1n) is 4.84. The first-order chi connectivity index (χ1) is 8.70. The van der Waals surface area contributed by atoms with Gasteiger partial charge in [0.25, 0.3) is 0 Å². The summed E-state index contributed by atoms with van der Waals surface area (Å²) in [5.74, 6) is -1.39. The number of nitrogens with zero attached hydrogens (tertiary/aromatic N) is 1. The van der Waals surface area contributed by atoms with Gasteiger partial charge in [0.2, 0.25) is 10.0 Å². The van der Waals surface area contributed by atoms with Crippen molar-refractivity contribution in [3.05, 3.63) is 28.0 Å². The number of benzene rings is 1. The van der Waals surface area contributed by atoms with E-state index in [1.54, 1.807) is 0 Å². The minimum absolute atomic E-state index is 0.298. The van der Waals surface area contributed by atoms with Gasteiger partial charge in [-0.1, -0.05) is 28.4 Å². The Morgan fingerprint density at radius 2 is 2.11 bits per heavy atom. The molecule has 0 bridgehead atoms. The van der Waals surface area contributed by atoms with Crippen LogP contribution in [-0.2, 0) is 10.0 Å². The van der Waals surface area contributed by atoms with Crippen molar-refractivity contribution < 1.29 is 18.0 Å². The zero-order valence-corrected chi connectivity index (χ0v) is 11.9. The molecule has 4 N–H and O–H groups in total. The molecule has 10 heteroatoms. The monoisotopic (exact) mass is 329 g/mol. The molecule has 1 aromatic carbocycles. The van der Waals surface area contributed by atoms with Gasteiger partial charge < -0.3 is 10.9 Å². The molecule has 0 aliphatic heterocycles. The summed E-state index contributed by atoms with van der Waals surface area (Å²) in [7, 11) is -4.14. The van der Waals surface area contributed by atoms with Crippen LogP contribution in [0.4, 0.5) is 4.39 Å². The van der Waals surface area contributed by atoms with Crippen molar-refractivity contribution >= 4 is 39.1 Å². The van der Waals surface area contributed by atoms with Gasteiger partial charge in [-0.25, -0.2) is 17.5 Å². The summed E-state index contributed by atoms with van der Waals surface area (Å²) >= 11 is 11.1. The van der Waals surface area contributed by atoms with Gasteiger partial charge >= 0.3 is 0 Å². The molecule has 1 atom stereocenters. The van der Waals surface area contributed by atoms with Crippen LogP contribution < -0.4 is 10.5 Å². The number of rotatable bonds is 4. The lowest BCUT2D eigenvalue weighted by molar-refractivity contribution is 0.316. The molecule has 0 amide bonds. The van der Waals surface area contributed by atoms with Crippen LogP contribution in [0.25, 0.3) is 0 Å². The highest BCUT2D eigenvalue weighted by Crippen LogP contribution is 2.29. The first-order valence-corrected chi connectivity index (χ1v) is 7.08. The van der Waals surface area contributed by atoms with E-state index in [1.165, 1.54) is 6.92 Å². The third-order valence-electron chi connectivity index (χ3n) is 2.18. The van der Waals surface area contributed by atoms with E-state index in [0.29, 0.717) is 0 Å². The maximum Gasteiger partial charge on any atom is 0.242 e. The fourth-order valence-corrected chi connectivity index (χ4v) is 3.12. The number of nitrogens with one attached hydrogen (secondary N) is 1. The SMILES string of the molecule is CC(NS(=O)(=O)c1ccc(Cl)c(F)c1Cl)/C(N)=N/O. The number of sulfonamides is 1. The average Bonchev–Trinajstić information content (AvgIpc) is 2.33. The van der Waals surface area contributed by atoms with E-state index in [1.807, 2.05) is 0 Å². The van der Waals surface area contributed by atoms with Crippen LogP contribution in [0.5, 0.6) is 0 Å². The van der Waals surface area contributed by atoms with Gasteiger partial charge in [-0.15, -0.1) is 0 Å². The molecule has 0 aliphatic rings. The minimum atomic E-state index is -4.14. The second kappa shape index (κ2) is 5.91.